The van der Waals surface area contributed by atoms with Gasteiger partial charge in [0.2, 0.25) is 5.91 Å². The van der Waals surface area contributed by atoms with Crippen LogP contribution in [-0.4, -0.2) is 54.9 Å². The van der Waals surface area contributed by atoms with Crippen molar-refractivity contribution in [2.45, 2.75) is 39.5 Å². The highest BCUT2D eigenvalue weighted by Crippen LogP contribution is 2.29. The summed E-state index contributed by atoms with van der Waals surface area (Å²) in [6, 6.07) is 3.84. The SMILES string of the molecule is COc1cc(C)c(C)cc1C(=O)N1CCCN(C(=O)C2CCC2)CC1. The molecule has 0 atom stereocenters. The Kier molecular flexibility index (Phi) is 5.30. The van der Waals surface area contributed by atoms with Gasteiger partial charge in [-0.3, -0.25) is 9.59 Å². The van der Waals surface area contributed by atoms with Gasteiger partial charge in [0, 0.05) is 32.1 Å². The second-order valence-electron chi connectivity index (χ2n) is 7.24. The Morgan fingerprint density at radius 1 is 0.960 bits per heavy atom. The Morgan fingerprint density at radius 2 is 1.60 bits per heavy atom. The second-order valence-corrected chi connectivity index (χ2v) is 7.24. The summed E-state index contributed by atoms with van der Waals surface area (Å²) in [6.07, 6.45) is 4.05. The highest BCUT2D eigenvalue weighted by Gasteiger charge is 2.31. The molecule has 2 amide bonds. The molecule has 2 aliphatic rings. The zero-order valence-electron chi connectivity index (χ0n) is 15.5. The van der Waals surface area contributed by atoms with Crippen molar-refractivity contribution in [1.82, 2.24) is 9.80 Å². The lowest BCUT2D eigenvalue weighted by Gasteiger charge is -2.31. The van der Waals surface area contributed by atoms with E-state index in [0.29, 0.717) is 30.9 Å². The van der Waals surface area contributed by atoms with Crippen molar-refractivity contribution in [1.29, 1.82) is 0 Å². The molecule has 5 heteroatoms. The summed E-state index contributed by atoms with van der Waals surface area (Å²) in [5.74, 6) is 1.13. The normalized spacial score (nSPS) is 18.5. The van der Waals surface area contributed by atoms with Gasteiger partial charge in [-0.2, -0.15) is 0 Å². The first-order valence-electron chi connectivity index (χ1n) is 9.24. The third kappa shape index (κ3) is 3.65. The topological polar surface area (TPSA) is 49.9 Å². The predicted molar refractivity (Wildman–Crippen MR) is 96.9 cm³/mol. The first kappa shape index (κ1) is 17.8. The van der Waals surface area contributed by atoms with Gasteiger partial charge >= 0.3 is 0 Å². The van der Waals surface area contributed by atoms with Gasteiger partial charge in [-0.25, -0.2) is 0 Å². The van der Waals surface area contributed by atoms with Crippen LogP contribution in [0.2, 0.25) is 0 Å². The molecular formula is C20H28N2O3. The Morgan fingerprint density at radius 3 is 2.24 bits per heavy atom. The van der Waals surface area contributed by atoms with Crippen LogP contribution in [0.25, 0.3) is 0 Å². The molecule has 5 nitrogen and oxygen atoms in total. The van der Waals surface area contributed by atoms with Crippen LogP contribution in [0.4, 0.5) is 0 Å². The van der Waals surface area contributed by atoms with Gasteiger partial charge in [-0.15, -0.1) is 0 Å². The van der Waals surface area contributed by atoms with E-state index in [0.717, 1.165) is 36.9 Å². The minimum Gasteiger partial charge on any atom is -0.496 e. The number of hydrogen-bond donors (Lipinski definition) is 0. The van der Waals surface area contributed by atoms with Gasteiger partial charge in [-0.05, 0) is 56.4 Å². The van der Waals surface area contributed by atoms with Crippen molar-refractivity contribution in [2.24, 2.45) is 5.92 Å². The number of carbonyl (C=O) groups is 2. The number of hydrogen-bond acceptors (Lipinski definition) is 3. The Balaban J connectivity index is 1.71. The highest BCUT2D eigenvalue weighted by molar-refractivity contribution is 5.97. The molecule has 0 unspecified atom stereocenters. The van der Waals surface area contributed by atoms with Gasteiger partial charge in [0.1, 0.15) is 5.75 Å². The fraction of sp³-hybridized carbons (Fsp3) is 0.600. The summed E-state index contributed by atoms with van der Waals surface area (Å²) in [5, 5.41) is 0. The van der Waals surface area contributed by atoms with Crippen LogP contribution in [0.1, 0.15) is 47.2 Å². The number of carbonyl (C=O) groups excluding carboxylic acids is 2. The van der Waals surface area contributed by atoms with Crippen molar-refractivity contribution >= 4 is 11.8 Å². The molecule has 0 bridgehead atoms. The van der Waals surface area contributed by atoms with Gasteiger partial charge in [0.25, 0.3) is 5.91 Å². The quantitative estimate of drug-likeness (QED) is 0.847. The molecule has 1 aliphatic heterocycles. The van der Waals surface area contributed by atoms with E-state index < -0.39 is 0 Å². The van der Waals surface area contributed by atoms with Gasteiger partial charge in [0.05, 0.1) is 12.7 Å². The molecule has 2 fully saturated rings. The molecule has 1 saturated carbocycles. The number of ether oxygens (including phenoxy) is 1. The zero-order valence-corrected chi connectivity index (χ0v) is 15.5. The number of aryl methyl sites for hydroxylation is 2. The largest absolute Gasteiger partial charge is 0.496 e. The van der Waals surface area contributed by atoms with Crippen molar-refractivity contribution in [3.63, 3.8) is 0 Å². The molecule has 0 spiro atoms. The smallest absolute Gasteiger partial charge is 0.257 e. The minimum atomic E-state index is -0.00195. The fourth-order valence-corrected chi connectivity index (χ4v) is 3.55. The van der Waals surface area contributed by atoms with Crippen LogP contribution in [0, 0.1) is 19.8 Å². The third-order valence-corrected chi connectivity index (χ3v) is 5.60. The molecule has 1 aromatic carbocycles. The van der Waals surface area contributed by atoms with E-state index in [4.69, 9.17) is 4.74 Å². The van der Waals surface area contributed by atoms with Crippen molar-refractivity contribution in [2.75, 3.05) is 33.3 Å². The van der Waals surface area contributed by atoms with E-state index in [1.165, 1.54) is 6.42 Å². The van der Waals surface area contributed by atoms with Gasteiger partial charge < -0.3 is 14.5 Å². The average molecular weight is 344 g/mol. The molecule has 25 heavy (non-hydrogen) atoms. The van der Waals surface area contributed by atoms with E-state index in [-0.39, 0.29) is 17.7 Å². The number of nitrogens with zero attached hydrogens (tertiary/aromatic N) is 2. The van der Waals surface area contributed by atoms with Crippen LogP contribution in [0.5, 0.6) is 5.75 Å². The molecule has 0 aromatic heterocycles. The molecule has 3 rings (SSSR count). The Labute approximate surface area is 149 Å². The molecule has 1 aromatic rings. The average Bonchev–Trinajstić information content (AvgIpc) is 2.80. The summed E-state index contributed by atoms with van der Waals surface area (Å²) in [5.41, 5.74) is 2.81. The molecule has 0 radical (unpaired) electrons. The van der Waals surface area contributed by atoms with Crippen molar-refractivity contribution < 1.29 is 14.3 Å². The van der Waals surface area contributed by atoms with E-state index in [1.807, 2.05) is 35.8 Å². The summed E-state index contributed by atoms with van der Waals surface area (Å²) in [7, 11) is 1.60. The van der Waals surface area contributed by atoms with Crippen LogP contribution in [-0.2, 0) is 4.79 Å². The van der Waals surface area contributed by atoms with Crippen LogP contribution >= 0.6 is 0 Å². The first-order valence-corrected chi connectivity index (χ1v) is 9.24. The Bertz CT molecular complexity index is 667. The number of rotatable bonds is 3. The van der Waals surface area contributed by atoms with Crippen LogP contribution in [0.15, 0.2) is 12.1 Å². The number of methoxy groups -OCH3 is 1. The van der Waals surface area contributed by atoms with Gasteiger partial charge in [-0.1, -0.05) is 6.42 Å². The maximum Gasteiger partial charge on any atom is 0.257 e. The summed E-state index contributed by atoms with van der Waals surface area (Å²) in [4.78, 5) is 29.3. The lowest BCUT2D eigenvalue weighted by atomic mass is 9.84. The number of benzene rings is 1. The lowest BCUT2D eigenvalue weighted by Crippen LogP contribution is -2.41. The van der Waals surface area contributed by atoms with E-state index in [1.54, 1.807) is 7.11 Å². The maximum absolute atomic E-state index is 13.0. The van der Waals surface area contributed by atoms with E-state index >= 15 is 0 Å². The van der Waals surface area contributed by atoms with Crippen molar-refractivity contribution in [3.05, 3.63) is 28.8 Å². The molecule has 1 saturated heterocycles. The van der Waals surface area contributed by atoms with Gasteiger partial charge in [0.15, 0.2) is 0 Å². The second kappa shape index (κ2) is 7.46. The summed E-state index contributed by atoms with van der Waals surface area (Å²) in [6.45, 7) is 6.68. The molecule has 1 heterocycles. The Hall–Kier alpha value is -2.04. The predicted octanol–water partition coefficient (Wildman–Crippen LogP) is 2.79. The van der Waals surface area contributed by atoms with E-state index in [9.17, 15) is 9.59 Å². The summed E-state index contributed by atoms with van der Waals surface area (Å²) >= 11 is 0. The van der Waals surface area contributed by atoms with E-state index in [2.05, 4.69) is 0 Å². The first-order chi connectivity index (χ1) is 12.0. The van der Waals surface area contributed by atoms with Crippen molar-refractivity contribution in [3.8, 4) is 5.75 Å². The molecule has 136 valence electrons. The number of amides is 2. The minimum absolute atomic E-state index is 0.00195. The summed E-state index contributed by atoms with van der Waals surface area (Å²) < 4.78 is 5.43. The fourth-order valence-electron chi connectivity index (χ4n) is 3.55. The van der Waals surface area contributed by atoms with Crippen LogP contribution < -0.4 is 4.74 Å². The van der Waals surface area contributed by atoms with Crippen LogP contribution in [0.3, 0.4) is 0 Å². The molecular weight excluding hydrogens is 316 g/mol. The lowest BCUT2D eigenvalue weighted by molar-refractivity contribution is -0.138. The maximum atomic E-state index is 13.0. The monoisotopic (exact) mass is 344 g/mol. The highest BCUT2D eigenvalue weighted by atomic mass is 16.5. The zero-order chi connectivity index (χ0) is 18.0. The molecule has 0 N–H and O–H groups in total. The standard InChI is InChI=1S/C20H28N2O3/c1-14-12-17(18(25-3)13-15(14)2)20(24)22-9-5-8-21(10-11-22)19(23)16-6-4-7-16/h12-13,16H,4-11H2,1-3H3. The molecule has 1 aliphatic carbocycles. The third-order valence-electron chi connectivity index (χ3n) is 5.60.